The van der Waals surface area contributed by atoms with Crippen LogP contribution in [0.2, 0.25) is 0 Å². The lowest BCUT2D eigenvalue weighted by Crippen LogP contribution is -2.38. The van der Waals surface area contributed by atoms with Gasteiger partial charge in [0, 0.05) is 25.2 Å². The molecule has 1 fully saturated rings. The average Bonchev–Trinajstić information content (AvgIpc) is 2.48. The summed E-state index contributed by atoms with van der Waals surface area (Å²) in [6.07, 6.45) is 0. The summed E-state index contributed by atoms with van der Waals surface area (Å²) < 4.78 is 16.4. The number of ether oxygens (including phenoxy) is 3. The fraction of sp³-hybridized carbons (Fsp3) is 0.500. The number of hydrogen-bond donors (Lipinski definition) is 1. The monoisotopic (exact) mass is 296 g/mol. The lowest BCUT2D eigenvalue weighted by molar-refractivity contribution is 0.0321. The molecule has 0 radical (unpaired) electrons. The normalized spacial score (nSPS) is 15.8. The molecule has 0 saturated carbocycles. The minimum Gasteiger partial charge on any atom is -0.493 e. The predicted molar refractivity (Wildman–Crippen MR) is 81.6 cm³/mol. The summed E-state index contributed by atoms with van der Waals surface area (Å²) >= 11 is 4.95. The number of rotatable bonds is 6. The summed E-state index contributed by atoms with van der Waals surface area (Å²) in [6, 6.07) is 5.48. The average molecular weight is 296 g/mol. The maximum Gasteiger partial charge on any atom is 0.161 e. The third kappa shape index (κ3) is 4.06. The SMILES string of the molecule is COc1cc(C(N)=S)ccc1OCCN1CCOCC1. The molecule has 1 heterocycles. The van der Waals surface area contributed by atoms with Gasteiger partial charge in [0.25, 0.3) is 0 Å². The summed E-state index contributed by atoms with van der Waals surface area (Å²) in [6.45, 7) is 5.01. The van der Waals surface area contributed by atoms with Crippen LogP contribution in [0.25, 0.3) is 0 Å². The van der Waals surface area contributed by atoms with Crippen LogP contribution in [0.1, 0.15) is 5.56 Å². The van der Waals surface area contributed by atoms with Crippen LogP contribution in [0.4, 0.5) is 0 Å². The molecule has 5 nitrogen and oxygen atoms in total. The fourth-order valence-corrected chi connectivity index (χ4v) is 2.18. The van der Waals surface area contributed by atoms with E-state index >= 15 is 0 Å². The number of hydrogen-bond acceptors (Lipinski definition) is 5. The molecule has 0 atom stereocenters. The van der Waals surface area contributed by atoms with Crippen LogP contribution in [0, 0.1) is 0 Å². The molecule has 0 spiro atoms. The van der Waals surface area contributed by atoms with Crippen LogP contribution < -0.4 is 15.2 Å². The van der Waals surface area contributed by atoms with Gasteiger partial charge in [0.05, 0.1) is 20.3 Å². The Kier molecular flexibility index (Phi) is 5.58. The number of nitrogens with zero attached hydrogens (tertiary/aromatic N) is 1. The van der Waals surface area contributed by atoms with Crippen LogP contribution in [0.3, 0.4) is 0 Å². The summed E-state index contributed by atoms with van der Waals surface area (Å²) in [5.74, 6) is 1.36. The van der Waals surface area contributed by atoms with E-state index in [1.807, 2.05) is 12.1 Å². The minimum absolute atomic E-state index is 0.350. The Morgan fingerprint density at radius 2 is 2.10 bits per heavy atom. The van der Waals surface area contributed by atoms with Gasteiger partial charge in [-0.15, -0.1) is 0 Å². The molecule has 2 N–H and O–H groups in total. The zero-order chi connectivity index (χ0) is 14.4. The van der Waals surface area contributed by atoms with Gasteiger partial charge in [-0.25, -0.2) is 0 Å². The number of morpholine rings is 1. The first-order valence-corrected chi connectivity index (χ1v) is 7.02. The van der Waals surface area contributed by atoms with Gasteiger partial charge < -0.3 is 19.9 Å². The van der Waals surface area contributed by atoms with Crippen molar-refractivity contribution in [3.05, 3.63) is 23.8 Å². The Hall–Kier alpha value is -1.37. The second-order valence-electron chi connectivity index (χ2n) is 4.53. The second kappa shape index (κ2) is 7.42. The van der Waals surface area contributed by atoms with E-state index in [2.05, 4.69) is 4.90 Å². The first-order valence-electron chi connectivity index (χ1n) is 6.61. The highest BCUT2D eigenvalue weighted by atomic mass is 32.1. The van der Waals surface area contributed by atoms with Crippen molar-refractivity contribution in [1.82, 2.24) is 4.90 Å². The highest BCUT2D eigenvalue weighted by Crippen LogP contribution is 2.28. The summed E-state index contributed by atoms with van der Waals surface area (Å²) in [5.41, 5.74) is 6.38. The molecular formula is C14H20N2O3S. The lowest BCUT2D eigenvalue weighted by Gasteiger charge is -2.26. The molecular weight excluding hydrogens is 276 g/mol. The Bertz CT molecular complexity index is 462. The van der Waals surface area contributed by atoms with Gasteiger partial charge in [0.1, 0.15) is 11.6 Å². The van der Waals surface area contributed by atoms with Crippen molar-refractivity contribution in [2.75, 3.05) is 46.6 Å². The maximum absolute atomic E-state index is 5.77. The second-order valence-corrected chi connectivity index (χ2v) is 4.97. The number of nitrogens with two attached hydrogens (primary N) is 1. The topological polar surface area (TPSA) is 57.0 Å². The number of methoxy groups -OCH3 is 1. The van der Waals surface area contributed by atoms with Gasteiger partial charge in [-0.2, -0.15) is 0 Å². The van der Waals surface area contributed by atoms with Crippen LogP contribution in [0.5, 0.6) is 11.5 Å². The standard InChI is InChI=1S/C14H20N2O3S/c1-17-13-10-11(14(15)20)2-3-12(13)19-9-6-16-4-7-18-8-5-16/h2-3,10H,4-9H2,1H3,(H2,15,20). The van der Waals surface area contributed by atoms with Gasteiger partial charge in [-0.3, -0.25) is 4.90 Å². The van der Waals surface area contributed by atoms with Crippen LogP contribution in [-0.4, -0.2) is 56.5 Å². The molecule has 20 heavy (non-hydrogen) atoms. The van der Waals surface area contributed by atoms with E-state index in [0.29, 0.717) is 23.1 Å². The van der Waals surface area contributed by atoms with Gasteiger partial charge in [0.15, 0.2) is 11.5 Å². The van der Waals surface area contributed by atoms with E-state index in [0.717, 1.165) is 38.4 Å². The number of benzene rings is 1. The van der Waals surface area contributed by atoms with Crippen molar-refractivity contribution in [3.8, 4) is 11.5 Å². The Morgan fingerprint density at radius 1 is 1.35 bits per heavy atom. The summed E-state index contributed by atoms with van der Waals surface area (Å²) in [7, 11) is 1.60. The minimum atomic E-state index is 0.350. The molecule has 0 unspecified atom stereocenters. The van der Waals surface area contributed by atoms with Crippen LogP contribution >= 0.6 is 12.2 Å². The molecule has 1 aliphatic rings. The van der Waals surface area contributed by atoms with E-state index in [4.69, 9.17) is 32.2 Å². The molecule has 1 aliphatic heterocycles. The zero-order valence-electron chi connectivity index (χ0n) is 11.6. The fourth-order valence-electron chi connectivity index (χ4n) is 2.05. The van der Waals surface area contributed by atoms with E-state index in [-0.39, 0.29) is 0 Å². The third-order valence-electron chi connectivity index (χ3n) is 3.22. The summed E-state index contributed by atoms with van der Waals surface area (Å²) in [4.78, 5) is 2.67. The van der Waals surface area contributed by atoms with Crippen molar-refractivity contribution in [2.45, 2.75) is 0 Å². The molecule has 0 aliphatic carbocycles. The zero-order valence-corrected chi connectivity index (χ0v) is 12.4. The van der Waals surface area contributed by atoms with E-state index in [1.54, 1.807) is 13.2 Å². The van der Waals surface area contributed by atoms with Crippen molar-refractivity contribution >= 4 is 17.2 Å². The molecule has 6 heteroatoms. The van der Waals surface area contributed by atoms with Crippen molar-refractivity contribution < 1.29 is 14.2 Å². The van der Waals surface area contributed by atoms with Gasteiger partial charge in [0.2, 0.25) is 0 Å². The van der Waals surface area contributed by atoms with Crippen LogP contribution in [-0.2, 0) is 4.74 Å². The van der Waals surface area contributed by atoms with Gasteiger partial charge in [-0.05, 0) is 18.2 Å². The first kappa shape index (κ1) is 15.0. The molecule has 0 amide bonds. The Morgan fingerprint density at radius 3 is 2.75 bits per heavy atom. The largest absolute Gasteiger partial charge is 0.493 e. The molecule has 0 bridgehead atoms. The molecule has 2 rings (SSSR count). The van der Waals surface area contributed by atoms with Crippen molar-refractivity contribution in [3.63, 3.8) is 0 Å². The summed E-state index contributed by atoms with van der Waals surface area (Å²) in [5, 5.41) is 0. The highest BCUT2D eigenvalue weighted by molar-refractivity contribution is 7.80. The molecule has 1 aromatic rings. The van der Waals surface area contributed by atoms with E-state index in [9.17, 15) is 0 Å². The van der Waals surface area contributed by atoms with Gasteiger partial charge >= 0.3 is 0 Å². The first-order chi connectivity index (χ1) is 9.70. The lowest BCUT2D eigenvalue weighted by atomic mass is 10.2. The third-order valence-corrected chi connectivity index (χ3v) is 3.45. The predicted octanol–water partition coefficient (Wildman–Crippen LogP) is 1.04. The molecule has 110 valence electrons. The van der Waals surface area contributed by atoms with Gasteiger partial charge in [-0.1, -0.05) is 12.2 Å². The smallest absolute Gasteiger partial charge is 0.161 e. The van der Waals surface area contributed by atoms with Crippen LogP contribution in [0.15, 0.2) is 18.2 Å². The van der Waals surface area contributed by atoms with E-state index in [1.165, 1.54) is 0 Å². The maximum atomic E-state index is 5.77. The van der Waals surface area contributed by atoms with Crippen molar-refractivity contribution in [2.24, 2.45) is 5.73 Å². The quantitative estimate of drug-likeness (QED) is 0.792. The van der Waals surface area contributed by atoms with Crippen molar-refractivity contribution in [1.29, 1.82) is 0 Å². The number of thiocarbonyl (C=S) groups is 1. The Balaban J connectivity index is 1.89. The molecule has 1 saturated heterocycles. The Labute approximate surface area is 124 Å². The molecule has 0 aromatic heterocycles. The van der Waals surface area contributed by atoms with E-state index < -0.39 is 0 Å². The highest BCUT2D eigenvalue weighted by Gasteiger charge is 2.11. The molecule has 1 aromatic carbocycles.